The SMILES string of the molecule is C.Cc1nc2cc(OC[C@H](O)CN3CCN(CCN)CC3)ccc2s1.Cc1nc2cc(OC[C@H](O)CN3CCN(CCNS(=O)(=O)c4ccccc4)CC3)ccc2s1.O=S(=O)(Cl)c1ccccc1. The van der Waals surface area contributed by atoms with Crippen molar-refractivity contribution in [2.75, 3.05) is 105 Å². The smallest absolute Gasteiger partial charge is 0.261 e. The van der Waals surface area contributed by atoms with Crippen molar-refractivity contribution in [3.05, 3.63) is 107 Å². The Morgan fingerprint density at radius 1 is 0.647 bits per heavy atom. The van der Waals surface area contributed by atoms with E-state index in [1.54, 1.807) is 71.2 Å². The lowest BCUT2D eigenvalue weighted by atomic mass is 10.2. The first-order valence-corrected chi connectivity index (χ1v) is 27.6. The van der Waals surface area contributed by atoms with Gasteiger partial charge in [0.15, 0.2) is 0 Å². The maximum Gasteiger partial charge on any atom is 0.261 e. The van der Waals surface area contributed by atoms with Crippen molar-refractivity contribution in [2.24, 2.45) is 5.73 Å². The molecule has 2 aliphatic rings. The molecule has 0 aliphatic carbocycles. The lowest BCUT2D eigenvalue weighted by Crippen LogP contribution is -2.50. The van der Waals surface area contributed by atoms with Crippen LogP contribution in [0, 0.1) is 13.8 Å². The summed E-state index contributed by atoms with van der Waals surface area (Å²) in [5.74, 6) is 1.48. The number of aromatic nitrogens is 2. The Balaban J connectivity index is 0.000000215. The Labute approximate surface area is 413 Å². The molecule has 0 unspecified atom stereocenters. The molecule has 0 saturated carbocycles. The predicted molar refractivity (Wildman–Crippen MR) is 274 cm³/mol. The monoisotopic (exact) mass is 1030 g/mol. The van der Waals surface area contributed by atoms with E-state index in [0.29, 0.717) is 39.3 Å². The van der Waals surface area contributed by atoms with E-state index in [0.717, 1.165) is 101 Å². The number of hydrogen-bond donors (Lipinski definition) is 4. The van der Waals surface area contributed by atoms with Gasteiger partial charge in [0.1, 0.15) is 36.9 Å². The van der Waals surface area contributed by atoms with Crippen LogP contribution in [0.2, 0.25) is 0 Å². The summed E-state index contributed by atoms with van der Waals surface area (Å²) in [5.41, 5.74) is 7.47. The number of fused-ring (bicyclic) bond motifs is 2. The second-order valence-corrected chi connectivity index (χ2v) is 23.0. The number of halogens is 1. The second kappa shape index (κ2) is 26.9. The number of aliphatic hydroxyl groups excluding tert-OH is 2. The topological polar surface area (TPSA) is 204 Å². The maximum absolute atomic E-state index is 12.3. The highest BCUT2D eigenvalue weighted by Gasteiger charge is 2.22. The Kier molecular flexibility index (Phi) is 21.8. The number of benzene rings is 4. The highest BCUT2D eigenvalue weighted by Crippen LogP contribution is 2.27. The third kappa shape index (κ3) is 17.8. The number of piperazine rings is 2. The third-order valence-corrected chi connectivity index (χ3v) is 15.7. The molecule has 2 aromatic heterocycles. The van der Waals surface area contributed by atoms with Gasteiger partial charge in [-0.2, -0.15) is 0 Å². The third-order valence-electron chi connectivity index (χ3n) is 10.9. The summed E-state index contributed by atoms with van der Waals surface area (Å²) in [6.45, 7) is 15.7. The standard InChI is InChI=1S/C23H30N4O4S2.C17H26N4O2S.C6H5ClO2S.CH4/c1-18-25-22-15-20(7-8-23(22)32-18)31-17-19(28)16-27-13-11-26(12-14-27)10-9-24-33(29,30)21-5-3-2-4-6-21;1-13-19-16-10-15(2-3-17(16)24-13)23-12-14(22)11-21-8-6-20(5-4-18)7-9-21;7-10(8,9)6-4-2-1-3-5-6;/h2-8,15,19,24,28H,9-14,16-17H2,1H3;2-3,10,14,22H,4-9,11-12,18H2,1H3;1-5H;1H4/t19-;14-;;/m11../s1. The van der Waals surface area contributed by atoms with Gasteiger partial charge in [0, 0.05) is 114 Å². The zero-order valence-electron chi connectivity index (χ0n) is 37.8. The average Bonchev–Trinajstić information content (AvgIpc) is 3.89. The molecule has 2 saturated heterocycles. The van der Waals surface area contributed by atoms with Gasteiger partial charge in [-0.1, -0.05) is 43.8 Å². The summed E-state index contributed by atoms with van der Waals surface area (Å²) in [6.07, 6.45) is -1.07. The lowest BCUT2D eigenvalue weighted by Gasteiger charge is -2.35. The highest BCUT2D eigenvalue weighted by atomic mass is 35.7. The van der Waals surface area contributed by atoms with Crippen LogP contribution < -0.4 is 19.9 Å². The largest absolute Gasteiger partial charge is 0.491 e. The molecule has 6 aromatic rings. The zero-order chi connectivity index (χ0) is 47.8. The fourth-order valence-electron chi connectivity index (χ4n) is 7.49. The van der Waals surface area contributed by atoms with Gasteiger partial charge in [-0.25, -0.2) is 31.5 Å². The van der Waals surface area contributed by atoms with Gasteiger partial charge in [0.2, 0.25) is 10.0 Å². The minimum Gasteiger partial charge on any atom is -0.491 e. The molecule has 8 rings (SSSR count). The van der Waals surface area contributed by atoms with Crippen molar-refractivity contribution in [1.82, 2.24) is 34.3 Å². The van der Waals surface area contributed by atoms with Crippen molar-refractivity contribution in [3.8, 4) is 11.5 Å². The van der Waals surface area contributed by atoms with Crippen LogP contribution in [0.3, 0.4) is 0 Å². The molecule has 0 spiro atoms. The van der Waals surface area contributed by atoms with Crippen molar-refractivity contribution in [1.29, 1.82) is 0 Å². The number of nitrogens with one attached hydrogen (secondary N) is 1. The number of β-amino-alcohol motifs (C(OH)–C–C–N with tert-alkyl or cyclic N) is 2. The summed E-state index contributed by atoms with van der Waals surface area (Å²) in [6, 6.07) is 28.0. The first kappa shape index (κ1) is 55.1. The fourth-order valence-corrected chi connectivity index (χ4v) is 10.9. The summed E-state index contributed by atoms with van der Waals surface area (Å²) in [7, 11) is -1.97. The molecule has 2 atom stereocenters. The Morgan fingerprint density at radius 3 is 1.47 bits per heavy atom. The van der Waals surface area contributed by atoms with Gasteiger partial charge >= 0.3 is 0 Å². The summed E-state index contributed by atoms with van der Waals surface area (Å²) in [5, 5.41) is 22.7. The van der Waals surface area contributed by atoms with E-state index in [9.17, 15) is 27.0 Å². The van der Waals surface area contributed by atoms with E-state index in [4.69, 9.17) is 25.9 Å². The van der Waals surface area contributed by atoms with E-state index >= 15 is 0 Å². The molecule has 5 N–H and O–H groups in total. The van der Waals surface area contributed by atoms with Crippen molar-refractivity contribution >= 4 is 72.9 Å². The molecule has 16 nitrogen and oxygen atoms in total. The van der Waals surface area contributed by atoms with E-state index in [-0.39, 0.29) is 23.8 Å². The summed E-state index contributed by atoms with van der Waals surface area (Å²) >= 11 is 3.33. The van der Waals surface area contributed by atoms with Crippen LogP contribution in [0.1, 0.15) is 17.4 Å². The fraction of sp³-hybridized carbons (Fsp3) is 0.447. The number of nitrogens with zero attached hydrogens (tertiary/aromatic N) is 6. The molecule has 0 amide bonds. The van der Waals surface area contributed by atoms with Crippen molar-refractivity contribution < 1.29 is 36.5 Å². The van der Waals surface area contributed by atoms with Gasteiger partial charge in [-0.05, 0) is 62.4 Å². The van der Waals surface area contributed by atoms with E-state index < -0.39 is 31.3 Å². The average molecular weight is 1030 g/mol. The maximum atomic E-state index is 12.3. The first-order chi connectivity index (χ1) is 32.1. The number of aliphatic hydroxyl groups is 2. The lowest BCUT2D eigenvalue weighted by molar-refractivity contribution is 0.0465. The molecule has 4 heterocycles. The van der Waals surface area contributed by atoms with Gasteiger partial charge in [0.25, 0.3) is 9.05 Å². The van der Waals surface area contributed by atoms with Crippen LogP contribution >= 0.6 is 33.4 Å². The number of aryl methyl sites for hydroxylation is 2. The van der Waals surface area contributed by atoms with Crippen LogP contribution in [-0.2, 0) is 19.1 Å². The van der Waals surface area contributed by atoms with Crippen molar-refractivity contribution in [3.63, 3.8) is 0 Å². The number of hydrogen-bond acceptors (Lipinski definition) is 17. The Bertz CT molecular complexity index is 2650. The van der Waals surface area contributed by atoms with Crippen molar-refractivity contribution in [2.45, 2.75) is 43.3 Å². The van der Waals surface area contributed by atoms with Crippen LogP contribution in [0.15, 0.2) is 107 Å². The van der Waals surface area contributed by atoms with Gasteiger partial charge in [0.05, 0.1) is 40.2 Å². The minimum absolute atomic E-state index is 0. The molecule has 372 valence electrons. The number of nitrogens with two attached hydrogens (primary N) is 1. The number of rotatable bonds is 18. The molecular formula is C47H65ClN8O8S4. The number of ether oxygens (including phenoxy) is 2. The molecule has 0 bridgehead atoms. The van der Waals surface area contributed by atoms with Gasteiger partial charge in [-0.3, -0.25) is 19.6 Å². The molecule has 21 heteroatoms. The molecule has 2 fully saturated rings. The second-order valence-electron chi connectivity index (χ2n) is 16.2. The Hall–Kier alpha value is -3.87. The van der Waals surface area contributed by atoms with Crippen LogP contribution in [0.5, 0.6) is 11.5 Å². The summed E-state index contributed by atoms with van der Waals surface area (Å²) < 4.78 is 62.3. The predicted octanol–water partition coefficient (Wildman–Crippen LogP) is 5.11. The van der Waals surface area contributed by atoms with Gasteiger partial charge < -0.3 is 25.4 Å². The molecule has 68 heavy (non-hydrogen) atoms. The van der Waals surface area contributed by atoms with Crippen LogP contribution in [-0.4, -0.2) is 174 Å². The van der Waals surface area contributed by atoms with E-state index in [2.05, 4.69) is 34.3 Å². The normalized spacial score (nSPS) is 16.2. The molecular weight excluding hydrogens is 968 g/mol. The zero-order valence-corrected chi connectivity index (χ0v) is 41.8. The first-order valence-electron chi connectivity index (χ1n) is 22.1. The number of sulfonamides is 1. The highest BCUT2D eigenvalue weighted by molar-refractivity contribution is 8.13. The van der Waals surface area contributed by atoms with E-state index in [1.165, 1.54) is 12.1 Å². The summed E-state index contributed by atoms with van der Waals surface area (Å²) in [4.78, 5) is 18.5. The Morgan fingerprint density at radius 2 is 1.06 bits per heavy atom. The molecule has 0 radical (unpaired) electrons. The number of thiazole rings is 2. The molecule has 4 aromatic carbocycles. The minimum atomic E-state index is -3.53. The van der Waals surface area contributed by atoms with Crippen LogP contribution in [0.25, 0.3) is 20.4 Å². The molecule has 2 aliphatic heterocycles. The quantitative estimate of drug-likeness (QED) is 0.0827. The van der Waals surface area contributed by atoms with E-state index in [1.807, 2.05) is 50.2 Å². The van der Waals surface area contributed by atoms with Gasteiger partial charge in [-0.15, -0.1) is 22.7 Å². The van der Waals surface area contributed by atoms with Crippen LogP contribution in [0.4, 0.5) is 0 Å².